The maximum Gasteiger partial charge on any atom is 0.282 e. The van der Waals surface area contributed by atoms with Crippen molar-refractivity contribution in [3.8, 4) is 17.2 Å². The predicted molar refractivity (Wildman–Crippen MR) is 183 cm³/mol. The molecule has 48 heavy (non-hydrogen) atoms. The zero-order valence-electron chi connectivity index (χ0n) is 26.9. The maximum atomic E-state index is 17.2. The van der Waals surface area contributed by atoms with Crippen LogP contribution in [0.4, 0.5) is 14.6 Å². The Bertz CT molecular complexity index is 2200. The number of carbonyl (C=O) groups is 1. The van der Waals surface area contributed by atoms with Gasteiger partial charge in [-0.1, -0.05) is 29.8 Å². The third kappa shape index (κ3) is 4.90. The van der Waals surface area contributed by atoms with E-state index in [-0.39, 0.29) is 40.6 Å². The first-order valence-corrected chi connectivity index (χ1v) is 16.4. The largest absolute Gasteiger partial charge is 0.352 e. The first-order chi connectivity index (χ1) is 22.8. The second-order valence-corrected chi connectivity index (χ2v) is 14.1. The van der Waals surface area contributed by atoms with E-state index in [1.807, 2.05) is 25.7 Å². The van der Waals surface area contributed by atoms with Gasteiger partial charge in [0.05, 0.1) is 57.9 Å². The summed E-state index contributed by atoms with van der Waals surface area (Å²) in [6.45, 7) is 8.69. The standard InChI is InChI=1S/C34H33Cl2F2N9O/c1-17-24(35)12-26-22(13-40-43-26)27(17)28-25(36)11-21-30(29(28)38)42-32(45-15-34(3,16-45)44(4)5)23-14-41-47(31(21)23)20-7-9-46(33(48)18(2)37)19(10-20)6-8-39/h11-14,19-20H,2,6-7,9-10,15-16H2,1,3-5H3,(H,40,43)/t19-,20+/m1/s1. The Morgan fingerprint density at radius 1 is 1.19 bits per heavy atom. The van der Waals surface area contributed by atoms with Gasteiger partial charge < -0.3 is 14.7 Å². The lowest BCUT2D eigenvalue weighted by molar-refractivity contribution is -0.132. The zero-order valence-corrected chi connectivity index (χ0v) is 28.4. The Balaban J connectivity index is 1.44. The van der Waals surface area contributed by atoms with E-state index in [9.17, 15) is 14.4 Å². The number of amides is 1. The number of hydrogen-bond acceptors (Lipinski definition) is 7. The number of nitriles is 1. The van der Waals surface area contributed by atoms with Crippen molar-refractivity contribution in [2.75, 3.05) is 38.6 Å². The van der Waals surface area contributed by atoms with Crippen molar-refractivity contribution in [2.45, 2.75) is 50.7 Å². The number of likely N-dealkylation sites (N-methyl/N-ethyl adjacent to an activating group) is 1. The highest BCUT2D eigenvalue weighted by Crippen LogP contribution is 2.46. The highest BCUT2D eigenvalue weighted by molar-refractivity contribution is 6.36. The Morgan fingerprint density at radius 2 is 1.94 bits per heavy atom. The van der Waals surface area contributed by atoms with E-state index in [1.165, 1.54) is 4.90 Å². The van der Waals surface area contributed by atoms with E-state index in [0.29, 0.717) is 69.7 Å². The molecule has 5 heterocycles. The van der Waals surface area contributed by atoms with E-state index < -0.39 is 23.6 Å². The van der Waals surface area contributed by atoms with Crippen LogP contribution in [0, 0.1) is 24.1 Å². The summed E-state index contributed by atoms with van der Waals surface area (Å²) in [7, 11) is 4.06. The lowest BCUT2D eigenvalue weighted by Crippen LogP contribution is -2.67. The van der Waals surface area contributed by atoms with Crippen molar-refractivity contribution in [1.82, 2.24) is 34.8 Å². The topological polar surface area (TPSA) is 110 Å². The van der Waals surface area contributed by atoms with Crippen LogP contribution in [0.3, 0.4) is 0 Å². The Labute approximate surface area is 285 Å². The number of aromatic nitrogens is 5. The Morgan fingerprint density at radius 3 is 2.62 bits per heavy atom. The van der Waals surface area contributed by atoms with Crippen LogP contribution >= 0.6 is 23.2 Å². The van der Waals surface area contributed by atoms with Crippen LogP contribution in [0.2, 0.25) is 10.0 Å². The summed E-state index contributed by atoms with van der Waals surface area (Å²) in [6.07, 6.45) is 4.16. The number of nitrogens with zero attached hydrogens (tertiary/aromatic N) is 8. The molecule has 2 aliphatic heterocycles. The van der Waals surface area contributed by atoms with Gasteiger partial charge >= 0.3 is 0 Å². The smallest absolute Gasteiger partial charge is 0.282 e. The summed E-state index contributed by atoms with van der Waals surface area (Å²) in [6, 6.07) is 4.77. The van der Waals surface area contributed by atoms with Gasteiger partial charge in [0.15, 0.2) is 11.6 Å². The third-order valence-electron chi connectivity index (χ3n) is 10.2. The molecule has 2 atom stereocenters. The number of aromatic amines is 1. The lowest BCUT2D eigenvalue weighted by Gasteiger charge is -2.52. The zero-order chi connectivity index (χ0) is 34.2. The van der Waals surface area contributed by atoms with Crippen LogP contribution in [0.15, 0.2) is 36.9 Å². The minimum absolute atomic E-state index is 0.0183. The maximum absolute atomic E-state index is 17.2. The number of halogens is 4. The molecule has 14 heteroatoms. The average Bonchev–Trinajstić information content (AvgIpc) is 3.68. The van der Waals surface area contributed by atoms with Gasteiger partial charge in [-0.25, -0.2) is 13.8 Å². The number of fused-ring (bicyclic) bond motifs is 4. The highest BCUT2D eigenvalue weighted by atomic mass is 35.5. The summed E-state index contributed by atoms with van der Waals surface area (Å²) in [4.78, 5) is 23.2. The number of rotatable bonds is 6. The quantitative estimate of drug-likeness (QED) is 0.192. The van der Waals surface area contributed by atoms with Gasteiger partial charge in [-0.15, -0.1) is 0 Å². The molecule has 0 aliphatic carbocycles. The van der Waals surface area contributed by atoms with E-state index in [2.05, 4.69) is 39.6 Å². The van der Waals surface area contributed by atoms with E-state index >= 15 is 4.39 Å². The molecule has 2 fully saturated rings. The normalized spacial score (nSPS) is 19.3. The fraction of sp³-hybridized carbons (Fsp3) is 0.382. The van der Waals surface area contributed by atoms with Crippen LogP contribution in [0.25, 0.3) is 43.8 Å². The van der Waals surface area contributed by atoms with Gasteiger partial charge in [0.25, 0.3) is 5.91 Å². The number of nitrogens with one attached hydrogen (secondary N) is 1. The van der Waals surface area contributed by atoms with Crippen molar-refractivity contribution in [3.63, 3.8) is 0 Å². The molecule has 2 saturated heterocycles. The van der Waals surface area contributed by atoms with Gasteiger partial charge in [-0.2, -0.15) is 15.5 Å². The number of anilines is 1. The number of carbonyl (C=O) groups excluding carboxylic acids is 1. The molecule has 1 N–H and O–H groups in total. The highest BCUT2D eigenvalue weighted by Gasteiger charge is 2.43. The second kappa shape index (κ2) is 11.7. The van der Waals surface area contributed by atoms with Crippen LogP contribution in [-0.2, 0) is 4.79 Å². The molecule has 1 amide bonds. The van der Waals surface area contributed by atoms with Crippen molar-refractivity contribution in [3.05, 3.63) is 58.4 Å². The molecule has 0 saturated carbocycles. The van der Waals surface area contributed by atoms with Crippen molar-refractivity contribution in [1.29, 1.82) is 5.26 Å². The number of H-pyrrole nitrogens is 1. The molecule has 0 radical (unpaired) electrons. The molecule has 0 bridgehead atoms. The molecule has 5 aromatic rings. The molecule has 0 spiro atoms. The summed E-state index contributed by atoms with van der Waals surface area (Å²) in [5.74, 6) is -1.88. The molecule has 7 rings (SSSR count). The summed E-state index contributed by atoms with van der Waals surface area (Å²) >= 11 is 13.6. The molecule has 2 aromatic carbocycles. The molecule has 10 nitrogen and oxygen atoms in total. The van der Waals surface area contributed by atoms with Crippen LogP contribution in [0.5, 0.6) is 0 Å². The van der Waals surface area contributed by atoms with Crippen molar-refractivity contribution >= 4 is 67.6 Å². The van der Waals surface area contributed by atoms with E-state index in [1.54, 1.807) is 24.5 Å². The average molecular weight is 693 g/mol. The van der Waals surface area contributed by atoms with Crippen LogP contribution < -0.4 is 4.90 Å². The molecule has 2 aliphatic rings. The minimum atomic E-state index is -1.06. The predicted octanol–water partition coefficient (Wildman–Crippen LogP) is 6.95. The van der Waals surface area contributed by atoms with Crippen molar-refractivity contribution < 1.29 is 13.6 Å². The number of piperidine rings is 1. The molecule has 3 aromatic heterocycles. The van der Waals surface area contributed by atoms with Crippen molar-refractivity contribution in [2.24, 2.45) is 0 Å². The minimum Gasteiger partial charge on any atom is -0.352 e. The Hall–Kier alpha value is -4.31. The summed E-state index contributed by atoms with van der Waals surface area (Å²) in [5.41, 5.74) is 2.68. The SMILES string of the molecule is C=C(F)C(=O)N1CC[C@H](n2ncc3c(N4CC(C)(N(C)C)C4)nc4c(F)c(-c5c(C)c(Cl)cc6[nH]ncc56)c(Cl)cc4c32)C[C@H]1CC#N. The monoisotopic (exact) mass is 691 g/mol. The second-order valence-electron chi connectivity index (χ2n) is 13.3. The number of pyridine rings is 1. The van der Waals surface area contributed by atoms with E-state index in [0.717, 1.165) is 5.39 Å². The summed E-state index contributed by atoms with van der Waals surface area (Å²) < 4.78 is 32.9. The number of hydrogen-bond donors (Lipinski definition) is 1. The molecular formula is C34H33Cl2F2N9O. The number of likely N-dealkylation sites (tertiary alicyclic amines) is 1. The van der Waals surface area contributed by atoms with Gasteiger partial charge in [0.1, 0.15) is 11.3 Å². The van der Waals surface area contributed by atoms with E-state index in [4.69, 9.17) is 33.3 Å². The van der Waals surface area contributed by atoms with Gasteiger partial charge in [0, 0.05) is 52.6 Å². The van der Waals surface area contributed by atoms with Crippen LogP contribution in [0.1, 0.15) is 37.8 Å². The first kappa shape index (κ1) is 32.2. The number of benzene rings is 2. The molecule has 248 valence electrons. The Kier molecular flexibility index (Phi) is 7.85. The molecule has 0 unspecified atom stereocenters. The first-order valence-electron chi connectivity index (χ1n) is 15.6. The van der Waals surface area contributed by atoms with Gasteiger partial charge in [-0.3, -0.25) is 14.6 Å². The van der Waals surface area contributed by atoms with Gasteiger partial charge in [0.2, 0.25) is 0 Å². The fourth-order valence-electron chi connectivity index (χ4n) is 7.27. The molecular weight excluding hydrogens is 659 g/mol. The lowest BCUT2D eigenvalue weighted by atomic mass is 9.90. The van der Waals surface area contributed by atoms with Crippen LogP contribution in [-0.4, -0.2) is 86.0 Å². The fourth-order valence-corrected chi connectivity index (χ4v) is 7.76. The third-order valence-corrected chi connectivity index (χ3v) is 10.9. The summed E-state index contributed by atoms with van der Waals surface area (Å²) in [5, 5.41) is 23.9. The van der Waals surface area contributed by atoms with Gasteiger partial charge in [-0.05, 0) is 58.5 Å².